The van der Waals surface area contributed by atoms with Crippen molar-refractivity contribution in [3.8, 4) is 0 Å². The summed E-state index contributed by atoms with van der Waals surface area (Å²) in [6.07, 6.45) is 2.46. The maximum absolute atomic E-state index is 3.28. The fraction of sp³-hybridized carbons (Fsp3) is 0.667. The van der Waals surface area contributed by atoms with E-state index in [1.54, 1.807) is 0 Å². The molecule has 0 aromatic heterocycles. The molecule has 0 saturated heterocycles. The Labute approximate surface area is 83.5 Å². The first-order chi connectivity index (χ1) is 6.07. The van der Waals surface area contributed by atoms with Gasteiger partial charge in [0.25, 0.3) is 0 Å². The van der Waals surface area contributed by atoms with Crippen molar-refractivity contribution in [1.82, 2.24) is 14.5 Å². The molecule has 1 N–H and O–H groups in total. The number of rotatable bonds is 1. The molecule has 0 aromatic carbocycles. The zero-order valence-corrected chi connectivity index (χ0v) is 9.85. The van der Waals surface area contributed by atoms with Gasteiger partial charge in [0, 0.05) is 20.3 Å². The zero-order valence-electron chi connectivity index (χ0n) is 9.03. The van der Waals surface area contributed by atoms with Crippen molar-refractivity contribution in [1.29, 1.82) is 0 Å². The molecule has 0 fully saturated rings. The van der Waals surface area contributed by atoms with Crippen LogP contribution in [0.25, 0.3) is 0 Å². The van der Waals surface area contributed by atoms with Gasteiger partial charge in [-0.15, -0.1) is 0 Å². The average Bonchev–Trinajstić information content (AvgIpc) is 2.04. The largest absolute Gasteiger partial charge is 0.352 e. The Bertz CT molecular complexity index is 243. The van der Waals surface area contributed by atoms with E-state index in [1.165, 1.54) is 4.86 Å². The maximum Gasteiger partial charge on any atom is 0.145 e. The molecule has 4 heteroatoms. The molecule has 0 amide bonds. The van der Waals surface area contributed by atoms with Crippen molar-refractivity contribution in [3.05, 3.63) is 11.6 Å². The summed E-state index contributed by atoms with van der Waals surface area (Å²) >= 11 is 0. The smallest absolute Gasteiger partial charge is 0.145 e. The minimum atomic E-state index is 0.174. The van der Waals surface area contributed by atoms with E-state index in [0.29, 0.717) is 6.29 Å². The normalized spacial score (nSPS) is 29.5. The predicted molar refractivity (Wildman–Crippen MR) is 61.5 cm³/mol. The zero-order chi connectivity index (χ0) is 10.0. The monoisotopic (exact) mass is 201 g/mol. The van der Waals surface area contributed by atoms with E-state index in [2.05, 4.69) is 54.1 Å². The van der Waals surface area contributed by atoms with Gasteiger partial charge >= 0.3 is 0 Å². The van der Waals surface area contributed by atoms with E-state index < -0.39 is 0 Å². The first kappa shape index (κ1) is 10.8. The molecule has 0 saturated carbocycles. The van der Waals surface area contributed by atoms with Crippen LogP contribution in [0.3, 0.4) is 0 Å². The van der Waals surface area contributed by atoms with E-state index in [4.69, 9.17) is 0 Å². The maximum atomic E-state index is 3.28. The second-order valence-electron chi connectivity index (χ2n) is 3.38. The summed E-state index contributed by atoms with van der Waals surface area (Å²) in [6, 6.07) is 0. The van der Waals surface area contributed by atoms with Gasteiger partial charge in [0.1, 0.15) is 6.29 Å². The fourth-order valence-corrected chi connectivity index (χ4v) is 3.32. The first-order valence-corrected chi connectivity index (χ1v) is 5.66. The second kappa shape index (κ2) is 4.26. The summed E-state index contributed by atoms with van der Waals surface area (Å²) in [7, 11) is 6.40. The van der Waals surface area contributed by atoms with Crippen LogP contribution in [0, 0.1) is 0 Å². The quantitative estimate of drug-likeness (QED) is 0.644. The third-order valence-corrected chi connectivity index (χ3v) is 4.18. The van der Waals surface area contributed by atoms with Crippen LogP contribution >= 0.6 is 10.7 Å². The van der Waals surface area contributed by atoms with Gasteiger partial charge in [-0.1, -0.05) is 10.7 Å². The lowest BCUT2D eigenvalue weighted by Crippen LogP contribution is -2.50. The van der Waals surface area contributed by atoms with E-state index in [1.807, 2.05) is 7.05 Å². The van der Waals surface area contributed by atoms with Crippen molar-refractivity contribution in [2.75, 3.05) is 21.1 Å². The van der Waals surface area contributed by atoms with Gasteiger partial charge in [-0.3, -0.25) is 5.32 Å². The molecule has 1 rings (SSSR count). The van der Waals surface area contributed by atoms with Gasteiger partial charge in [0.2, 0.25) is 0 Å². The Morgan fingerprint density at radius 1 is 1.38 bits per heavy atom. The molecule has 1 aliphatic rings. The summed E-state index contributed by atoms with van der Waals surface area (Å²) in [6.45, 7) is 4.37. The van der Waals surface area contributed by atoms with Crippen molar-refractivity contribution in [2.24, 2.45) is 0 Å². The second-order valence-corrected chi connectivity index (χ2v) is 5.68. The number of nitrogens with one attached hydrogen (secondary N) is 1. The van der Waals surface area contributed by atoms with Crippen LogP contribution in [0.1, 0.15) is 13.8 Å². The molecule has 3 nitrogen and oxygen atoms in total. The van der Waals surface area contributed by atoms with Crippen molar-refractivity contribution in [2.45, 2.75) is 20.1 Å². The summed E-state index contributed by atoms with van der Waals surface area (Å²) < 4.78 is 2.34. The molecule has 13 heavy (non-hydrogen) atoms. The summed E-state index contributed by atoms with van der Waals surface area (Å²) in [5, 5.41) is 5.54. The predicted octanol–water partition coefficient (Wildman–Crippen LogP) is 1.23. The summed E-state index contributed by atoms with van der Waals surface area (Å²) in [5.41, 5.74) is 0. The Balaban J connectivity index is 2.96. The minimum absolute atomic E-state index is 0.174. The fourth-order valence-electron chi connectivity index (χ4n) is 1.50. The van der Waals surface area contributed by atoms with E-state index in [-0.39, 0.29) is 10.7 Å². The van der Waals surface area contributed by atoms with Gasteiger partial charge in [-0.2, -0.15) is 0 Å². The molecule has 0 radical (unpaired) electrons. The van der Waals surface area contributed by atoms with Crippen LogP contribution in [0.15, 0.2) is 11.6 Å². The number of hydrogen-bond acceptors (Lipinski definition) is 3. The van der Waals surface area contributed by atoms with Crippen molar-refractivity contribution < 1.29 is 0 Å². The van der Waals surface area contributed by atoms with Gasteiger partial charge in [-0.05, 0) is 31.2 Å². The van der Waals surface area contributed by atoms with Gasteiger partial charge in [-0.25, -0.2) is 4.31 Å². The SMILES string of the molecule is CN[C@H]1N(C)C=CS(=C(C)C)N1C. The van der Waals surface area contributed by atoms with Gasteiger partial charge in [0.05, 0.1) is 0 Å². The highest BCUT2D eigenvalue weighted by molar-refractivity contribution is 8.16. The molecule has 76 valence electrons. The number of nitrogens with zero attached hydrogens (tertiary/aromatic N) is 2. The van der Waals surface area contributed by atoms with Gasteiger partial charge < -0.3 is 4.90 Å². The first-order valence-electron chi connectivity index (χ1n) is 4.41. The minimum Gasteiger partial charge on any atom is -0.352 e. The highest BCUT2D eigenvalue weighted by Crippen LogP contribution is 2.28. The molecule has 1 heterocycles. The third kappa shape index (κ3) is 2.13. The Hall–Kier alpha value is -0.320. The highest BCUT2D eigenvalue weighted by atomic mass is 32.2. The van der Waals surface area contributed by atoms with E-state index in [9.17, 15) is 0 Å². The summed E-state index contributed by atoms with van der Waals surface area (Å²) in [5.74, 6) is 0. The molecular weight excluding hydrogens is 182 g/mol. The Kier molecular flexibility index (Phi) is 3.53. The van der Waals surface area contributed by atoms with Crippen molar-refractivity contribution >= 4 is 15.5 Å². The molecule has 0 bridgehead atoms. The van der Waals surface area contributed by atoms with Crippen LogP contribution in [-0.2, 0) is 0 Å². The van der Waals surface area contributed by atoms with E-state index >= 15 is 0 Å². The lowest BCUT2D eigenvalue weighted by Gasteiger charge is -2.39. The lowest BCUT2D eigenvalue weighted by molar-refractivity contribution is 0.175. The van der Waals surface area contributed by atoms with E-state index in [0.717, 1.165) is 0 Å². The molecule has 0 spiro atoms. The lowest BCUT2D eigenvalue weighted by atomic mass is 10.6. The molecule has 0 aliphatic carbocycles. The standard InChI is InChI=1S/C9H19N3S/c1-8(2)13-7-6-11(4)9(10-3)12(13)5/h6-7,9-10H,1-5H3/t9-,13?/m0/s1. The average molecular weight is 201 g/mol. The van der Waals surface area contributed by atoms with Crippen LogP contribution in [0.4, 0.5) is 0 Å². The Morgan fingerprint density at radius 3 is 2.46 bits per heavy atom. The molecule has 1 aliphatic heterocycles. The van der Waals surface area contributed by atoms with Gasteiger partial charge in [0.15, 0.2) is 0 Å². The van der Waals surface area contributed by atoms with Crippen molar-refractivity contribution in [3.63, 3.8) is 0 Å². The molecular formula is C9H19N3S. The molecule has 2 atom stereocenters. The molecule has 0 aromatic rings. The topological polar surface area (TPSA) is 18.5 Å². The van der Waals surface area contributed by atoms with Crippen LogP contribution < -0.4 is 5.32 Å². The van der Waals surface area contributed by atoms with Crippen LogP contribution in [0.5, 0.6) is 0 Å². The van der Waals surface area contributed by atoms with Crippen LogP contribution in [-0.4, -0.2) is 41.5 Å². The van der Waals surface area contributed by atoms with Crippen LogP contribution in [0.2, 0.25) is 0 Å². The highest BCUT2D eigenvalue weighted by Gasteiger charge is 2.21. The molecule has 1 unspecified atom stereocenters. The third-order valence-electron chi connectivity index (χ3n) is 2.14. The summed E-state index contributed by atoms with van der Waals surface area (Å²) in [4.78, 5) is 3.62. The Morgan fingerprint density at radius 2 is 2.00 bits per heavy atom. The number of hydrogen-bond donors (Lipinski definition) is 1.